The summed E-state index contributed by atoms with van der Waals surface area (Å²) in [6.45, 7) is 0.452. The van der Waals surface area contributed by atoms with Crippen LogP contribution in [-0.4, -0.2) is 15.0 Å². The van der Waals surface area contributed by atoms with Gasteiger partial charge >= 0.3 is 0 Å². The van der Waals surface area contributed by atoms with E-state index < -0.39 is 15.8 Å². The lowest BCUT2D eigenvalue weighted by Crippen LogP contribution is -2.31. The van der Waals surface area contributed by atoms with E-state index in [-0.39, 0.29) is 10.6 Å². The second kappa shape index (κ2) is 5.00. The number of halogens is 1. The van der Waals surface area contributed by atoms with E-state index in [0.717, 1.165) is 12.1 Å². The van der Waals surface area contributed by atoms with Crippen LogP contribution < -0.4 is 10.5 Å². The predicted molar refractivity (Wildman–Crippen MR) is 74.9 cm³/mol. The van der Waals surface area contributed by atoms with Crippen LogP contribution in [0.4, 0.5) is 10.1 Å². The Bertz CT molecular complexity index is 577. The standard InChI is InChI=1S/C14H19FN2O2S/c15-11-5-12(16)7-13(6-11)20(18,19)17-8-14(9-1-2-9)10-3-4-10/h5-7,9-10,14,17H,1-4,8,16H2. The molecule has 1 aromatic carbocycles. The molecular weight excluding hydrogens is 279 g/mol. The van der Waals surface area contributed by atoms with Gasteiger partial charge in [0.25, 0.3) is 0 Å². The minimum atomic E-state index is -3.68. The van der Waals surface area contributed by atoms with Crippen LogP contribution in [0.1, 0.15) is 25.7 Å². The molecule has 2 aliphatic rings. The number of benzene rings is 1. The van der Waals surface area contributed by atoms with Crippen LogP contribution in [0.15, 0.2) is 23.1 Å². The molecule has 2 aliphatic carbocycles. The molecule has 0 saturated heterocycles. The Morgan fingerprint density at radius 2 is 1.80 bits per heavy atom. The Morgan fingerprint density at radius 1 is 1.20 bits per heavy atom. The third-order valence-electron chi connectivity index (χ3n) is 4.17. The first kappa shape index (κ1) is 13.8. The molecule has 0 amide bonds. The van der Waals surface area contributed by atoms with Crippen molar-refractivity contribution < 1.29 is 12.8 Å². The van der Waals surface area contributed by atoms with Gasteiger partial charge in [-0.2, -0.15) is 0 Å². The Balaban J connectivity index is 1.71. The van der Waals surface area contributed by atoms with Gasteiger partial charge in [-0.05, 0) is 61.6 Å². The first-order chi connectivity index (χ1) is 9.45. The third-order valence-corrected chi connectivity index (χ3v) is 5.57. The number of hydrogen-bond acceptors (Lipinski definition) is 3. The summed E-state index contributed by atoms with van der Waals surface area (Å²) in [4.78, 5) is -0.0969. The highest BCUT2D eigenvalue weighted by atomic mass is 32.2. The van der Waals surface area contributed by atoms with Gasteiger partial charge in [0.15, 0.2) is 0 Å². The Morgan fingerprint density at radius 3 is 2.30 bits per heavy atom. The zero-order valence-corrected chi connectivity index (χ0v) is 12.0. The quantitative estimate of drug-likeness (QED) is 0.790. The molecule has 0 atom stereocenters. The summed E-state index contributed by atoms with van der Waals surface area (Å²) >= 11 is 0. The second-order valence-electron chi connectivity index (χ2n) is 5.91. The molecule has 20 heavy (non-hydrogen) atoms. The van der Waals surface area contributed by atoms with Gasteiger partial charge in [-0.3, -0.25) is 0 Å². The largest absolute Gasteiger partial charge is 0.399 e. The molecule has 2 fully saturated rings. The fourth-order valence-corrected chi connectivity index (χ4v) is 3.93. The highest BCUT2D eigenvalue weighted by Crippen LogP contribution is 2.48. The molecule has 110 valence electrons. The smallest absolute Gasteiger partial charge is 0.240 e. The molecule has 2 saturated carbocycles. The molecule has 0 unspecified atom stereocenters. The van der Waals surface area contributed by atoms with Gasteiger partial charge < -0.3 is 5.73 Å². The predicted octanol–water partition coefficient (Wildman–Crippen LogP) is 2.12. The number of anilines is 1. The number of nitrogen functional groups attached to an aromatic ring is 1. The zero-order valence-electron chi connectivity index (χ0n) is 11.2. The number of nitrogens with two attached hydrogens (primary N) is 1. The average Bonchev–Trinajstić information content (AvgIpc) is 3.22. The first-order valence-electron chi connectivity index (χ1n) is 7.01. The molecule has 4 nitrogen and oxygen atoms in total. The SMILES string of the molecule is Nc1cc(F)cc(S(=O)(=O)NCC(C2CC2)C2CC2)c1. The first-order valence-corrected chi connectivity index (χ1v) is 8.50. The third kappa shape index (κ3) is 3.12. The van der Waals surface area contributed by atoms with Crippen molar-refractivity contribution in [1.29, 1.82) is 0 Å². The lowest BCUT2D eigenvalue weighted by molar-refractivity contribution is 0.401. The van der Waals surface area contributed by atoms with E-state index in [2.05, 4.69) is 4.72 Å². The number of nitrogens with one attached hydrogen (secondary N) is 1. The van der Waals surface area contributed by atoms with Crippen molar-refractivity contribution in [1.82, 2.24) is 4.72 Å². The minimum absolute atomic E-state index is 0.0969. The fourth-order valence-electron chi connectivity index (χ4n) is 2.80. The van der Waals surface area contributed by atoms with Crippen molar-refractivity contribution in [3.05, 3.63) is 24.0 Å². The molecule has 3 rings (SSSR count). The summed E-state index contributed by atoms with van der Waals surface area (Å²) in [6.07, 6.45) is 4.82. The Kier molecular flexibility index (Phi) is 3.46. The topological polar surface area (TPSA) is 72.2 Å². The van der Waals surface area contributed by atoms with E-state index in [9.17, 15) is 12.8 Å². The number of rotatable bonds is 6. The van der Waals surface area contributed by atoms with Crippen LogP contribution in [0.3, 0.4) is 0 Å². The van der Waals surface area contributed by atoms with Crippen molar-refractivity contribution in [2.75, 3.05) is 12.3 Å². The lowest BCUT2D eigenvalue weighted by atomic mass is 9.99. The average molecular weight is 298 g/mol. The van der Waals surface area contributed by atoms with Crippen molar-refractivity contribution in [3.8, 4) is 0 Å². The Labute approximate surface area is 118 Å². The zero-order chi connectivity index (χ0) is 14.3. The molecule has 0 heterocycles. The molecule has 6 heteroatoms. The van der Waals surface area contributed by atoms with Gasteiger partial charge in [-0.15, -0.1) is 0 Å². The summed E-state index contributed by atoms with van der Waals surface area (Å²) < 4.78 is 40.3. The summed E-state index contributed by atoms with van der Waals surface area (Å²) in [5.41, 5.74) is 5.61. The molecule has 0 aliphatic heterocycles. The second-order valence-corrected chi connectivity index (χ2v) is 7.68. The normalized spacial score (nSPS) is 19.5. The maximum absolute atomic E-state index is 13.3. The van der Waals surface area contributed by atoms with E-state index in [1.807, 2.05) is 0 Å². The summed E-state index contributed by atoms with van der Waals surface area (Å²) in [7, 11) is -3.68. The molecule has 0 bridgehead atoms. The van der Waals surface area contributed by atoms with Gasteiger partial charge in [0, 0.05) is 12.2 Å². The summed E-state index contributed by atoms with van der Waals surface area (Å²) in [6, 6.07) is 3.40. The van der Waals surface area contributed by atoms with Gasteiger partial charge in [-0.1, -0.05) is 0 Å². The lowest BCUT2D eigenvalue weighted by Gasteiger charge is -2.16. The van der Waals surface area contributed by atoms with Gasteiger partial charge in [0.2, 0.25) is 10.0 Å². The summed E-state index contributed by atoms with van der Waals surface area (Å²) in [5.74, 6) is 1.15. The van der Waals surface area contributed by atoms with Crippen LogP contribution in [0.25, 0.3) is 0 Å². The highest BCUT2D eigenvalue weighted by Gasteiger charge is 2.41. The molecule has 0 spiro atoms. The summed E-state index contributed by atoms with van der Waals surface area (Å²) in [5, 5.41) is 0. The van der Waals surface area contributed by atoms with Crippen molar-refractivity contribution in [2.45, 2.75) is 30.6 Å². The molecular formula is C14H19FN2O2S. The maximum Gasteiger partial charge on any atom is 0.240 e. The van der Waals surface area contributed by atoms with Gasteiger partial charge in [-0.25, -0.2) is 17.5 Å². The molecule has 1 aromatic rings. The van der Waals surface area contributed by atoms with E-state index in [4.69, 9.17) is 5.73 Å². The van der Waals surface area contributed by atoms with E-state index in [1.165, 1.54) is 31.7 Å². The van der Waals surface area contributed by atoms with E-state index in [1.54, 1.807) is 0 Å². The van der Waals surface area contributed by atoms with Gasteiger partial charge in [0.1, 0.15) is 5.82 Å². The molecule has 0 radical (unpaired) electrons. The van der Waals surface area contributed by atoms with E-state index in [0.29, 0.717) is 24.3 Å². The van der Waals surface area contributed by atoms with Crippen LogP contribution in [0.5, 0.6) is 0 Å². The van der Waals surface area contributed by atoms with Crippen molar-refractivity contribution >= 4 is 15.7 Å². The maximum atomic E-state index is 13.3. The van der Waals surface area contributed by atoms with Crippen LogP contribution >= 0.6 is 0 Å². The van der Waals surface area contributed by atoms with Crippen molar-refractivity contribution in [2.24, 2.45) is 17.8 Å². The van der Waals surface area contributed by atoms with E-state index >= 15 is 0 Å². The molecule has 0 aromatic heterocycles. The van der Waals surface area contributed by atoms with Crippen LogP contribution in [0.2, 0.25) is 0 Å². The fraction of sp³-hybridized carbons (Fsp3) is 0.571. The van der Waals surface area contributed by atoms with Crippen LogP contribution in [-0.2, 0) is 10.0 Å². The van der Waals surface area contributed by atoms with Crippen LogP contribution in [0, 0.1) is 23.6 Å². The minimum Gasteiger partial charge on any atom is -0.399 e. The Hall–Kier alpha value is -1.14. The van der Waals surface area contributed by atoms with Crippen molar-refractivity contribution in [3.63, 3.8) is 0 Å². The molecule has 3 N–H and O–H groups in total. The highest BCUT2D eigenvalue weighted by molar-refractivity contribution is 7.89. The monoisotopic (exact) mass is 298 g/mol. The van der Waals surface area contributed by atoms with Gasteiger partial charge in [0.05, 0.1) is 4.90 Å². The number of sulfonamides is 1. The number of hydrogen-bond donors (Lipinski definition) is 2.